The summed E-state index contributed by atoms with van der Waals surface area (Å²) in [4.78, 5) is 11.5. The van der Waals surface area contributed by atoms with E-state index in [4.69, 9.17) is 11.6 Å². The summed E-state index contributed by atoms with van der Waals surface area (Å²) in [5.41, 5.74) is 1.48. The fourth-order valence-electron chi connectivity index (χ4n) is 2.09. The van der Waals surface area contributed by atoms with E-state index in [0.29, 0.717) is 23.4 Å². The second kappa shape index (κ2) is 5.46. The number of hydrogen-bond donors (Lipinski definition) is 0. The normalized spacial score (nSPS) is 16.6. The van der Waals surface area contributed by atoms with Crippen LogP contribution in [-0.4, -0.2) is 5.78 Å². The Bertz CT molecular complexity index is 445. The molecule has 0 aromatic heterocycles. The van der Waals surface area contributed by atoms with E-state index in [2.05, 4.69) is 0 Å². The van der Waals surface area contributed by atoms with Crippen LogP contribution in [0, 0.1) is 5.82 Å². The van der Waals surface area contributed by atoms with E-state index >= 15 is 0 Å². The maximum Gasteiger partial charge on any atom is 0.155 e. The summed E-state index contributed by atoms with van der Waals surface area (Å²) in [5, 5.41) is 0.433. The molecule has 0 saturated carbocycles. The molecule has 3 heteroatoms. The van der Waals surface area contributed by atoms with Crippen LogP contribution in [0.1, 0.15) is 31.2 Å². The molecule has 1 aromatic rings. The predicted octanol–water partition coefficient (Wildman–Crippen LogP) is 4.09. The van der Waals surface area contributed by atoms with Crippen molar-refractivity contribution in [2.24, 2.45) is 0 Å². The lowest BCUT2D eigenvalue weighted by molar-refractivity contribution is -0.114. The average molecular weight is 253 g/mol. The van der Waals surface area contributed by atoms with Crippen LogP contribution in [0.5, 0.6) is 0 Å². The Kier molecular flexibility index (Phi) is 3.95. The van der Waals surface area contributed by atoms with Gasteiger partial charge < -0.3 is 0 Å². The first-order chi connectivity index (χ1) is 8.16. The van der Waals surface area contributed by atoms with Gasteiger partial charge in [-0.3, -0.25) is 4.79 Å². The summed E-state index contributed by atoms with van der Waals surface area (Å²) in [6.07, 6.45) is 5.48. The standard InChI is InChI=1S/C14H14ClFO/c15-13-6-3-7-14(16)12(13)9-10-4-1-2-5-11(17)8-10/h3,6-8H,1-2,4-5,9H2. The highest BCUT2D eigenvalue weighted by Crippen LogP contribution is 2.25. The molecule has 2 rings (SSSR count). The van der Waals surface area contributed by atoms with Gasteiger partial charge in [0.15, 0.2) is 5.78 Å². The van der Waals surface area contributed by atoms with Crippen molar-refractivity contribution in [1.29, 1.82) is 0 Å². The Hall–Kier alpha value is -1.15. The molecule has 0 heterocycles. The van der Waals surface area contributed by atoms with Crippen molar-refractivity contribution in [3.05, 3.63) is 46.3 Å². The first-order valence-corrected chi connectivity index (χ1v) is 6.20. The second-order valence-electron chi connectivity index (χ2n) is 4.35. The van der Waals surface area contributed by atoms with Crippen molar-refractivity contribution in [3.63, 3.8) is 0 Å². The molecule has 0 fully saturated rings. The SMILES string of the molecule is O=C1C=C(Cc2c(F)cccc2Cl)CCCC1. The lowest BCUT2D eigenvalue weighted by Crippen LogP contribution is -1.97. The molecular formula is C14H14ClFO. The molecule has 0 spiro atoms. The van der Waals surface area contributed by atoms with Crippen molar-refractivity contribution >= 4 is 17.4 Å². The van der Waals surface area contributed by atoms with Gasteiger partial charge in [0, 0.05) is 17.0 Å². The zero-order chi connectivity index (χ0) is 12.3. The van der Waals surface area contributed by atoms with Crippen LogP contribution >= 0.6 is 11.6 Å². The minimum absolute atomic E-state index is 0.143. The van der Waals surface area contributed by atoms with Gasteiger partial charge in [0.1, 0.15) is 5.82 Å². The number of benzene rings is 1. The first-order valence-electron chi connectivity index (χ1n) is 5.82. The molecule has 1 nitrogen and oxygen atoms in total. The van der Waals surface area contributed by atoms with E-state index in [-0.39, 0.29) is 11.6 Å². The molecule has 17 heavy (non-hydrogen) atoms. The van der Waals surface area contributed by atoms with Crippen molar-refractivity contribution in [3.8, 4) is 0 Å². The molecule has 0 saturated heterocycles. The minimum Gasteiger partial charge on any atom is -0.295 e. The summed E-state index contributed by atoms with van der Waals surface area (Å²) in [5.74, 6) is -0.153. The van der Waals surface area contributed by atoms with E-state index in [1.165, 1.54) is 6.07 Å². The van der Waals surface area contributed by atoms with Crippen LogP contribution < -0.4 is 0 Å². The summed E-state index contributed by atoms with van der Waals surface area (Å²) >= 11 is 5.97. The maximum absolute atomic E-state index is 13.6. The van der Waals surface area contributed by atoms with Crippen LogP contribution in [0.2, 0.25) is 5.02 Å². The molecule has 0 radical (unpaired) electrons. The Morgan fingerprint density at radius 3 is 2.76 bits per heavy atom. The maximum atomic E-state index is 13.6. The smallest absolute Gasteiger partial charge is 0.155 e. The number of carbonyl (C=O) groups is 1. The molecule has 0 amide bonds. The zero-order valence-corrected chi connectivity index (χ0v) is 10.3. The van der Waals surface area contributed by atoms with Crippen LogP contribution in [0.25, 0.3) is 0 Å². The minimum atomic E-state index is -0.296. The Morgan fingerprint density at radius 2 is 2.00 bits per heavy atom. The summed E-state index contributed by atoms with van der Waals surface area (Å²) in [6, 6.07) is 4.67. The monoisotopic (exact) mass is 252 g/mol. The summed E-state index contributed by atoms with van der Waals surface area (Å²) < 4.78 is 13.6. The molecular weight excluding hydrogens is 239 g/mol. The van der Waals surface area contributed by atoms with Gasteiger partial charge >= 0.3 is 0 Å². The van der Waals surface area contributed by atoms with Gasteiger partial charge in [-0.1, -0.05) is 23.2 Å². The number of allylic oxidation sites excluding steroid dienone is 2. The van der Waals surface area contributed by atoms with Crippen molar-refractivity contribution in [2.45, 2.75) is 32.1 Å². The number of ketones is 1. The summed E-state index contributed by atoms with van der Waals surface area (Å²) in [7, 11) is 0. The quantitative estimate of drug-likeness (QED) is 0.775. The molecule has 0 aliphatic heterocycles. The van der Waals surface area contributed by atoms with Crippen LogP contribution in [-0.2, 0) is 11.2 Å². The van der Waals surface area contributed by atoms with Crippen molar-refractivity contribution in [2.75, 3.05) is 0 Å². The molecule has 0 unspecified atom stereocenters. The Labute approximate surface area is 105 Å². The van der Waals surface area contributed by atoms with Gasteiger partial charge in [-0.15, -0.1) is 0 Å². The van der Waals surface area contributed by atoms with Gasteiger partial charge in [0.2, 0.25) is 0 Å². The molecule has 0 bridgehead atoms. The first kappa shape index (κ1) is 12.3. The highest BCUT2D eigenvalue weighted by atomic mass is 35.5. The van der Waals surface area contributed by atoms with Gasteiger partial charge in [0.25, 0.3) is 0 Å². The lowest BCUT2D eigenvalue weighted by atomic mass is 10.0. The third kappa shape index (κ3) is 3.16. The number of halogens is 2. The van der Waals surface area contributed by atoms with Gasteiger partial charge in [-0.25, -0.2) is 4.39 Å². The fourth-order valence-corrected chi connectivity index (χ4v) is 2.32. The highest BCUT2D eigenvalue weighted by Gasteiger charge is 2.13. The predicted molar refractivity (Wildman–Crippen MR) is 66.7 cm³/mol. The van der Waals surface area contributed by atoms with Crippen LogP contribution in [0.3, 0.4) is 0 Å². The van der Waals surface area contributed by atoms with E-state index in [0.717, 1.165) is 24.8 Å². The third-order valence-corrected chi connectivity index (χ3v) is 3.36. The van der Waals surface area contributed by atoms with Gasteiger partial charge in [0.05, 0.1) is 0 Å². The Balaban J connectivity index is 2.22. The molecule has 1 aliphatic rings. The molecule has 90 valence electrons. The van der Waals surface area contributed by atoms with E-state index < -0.39 is 0 Å². The molecule has 1 aromatic carbocycles. The van der Waals surface area contributed by atoms with Gasteiger partial charge in [-0.2, -0.15) is 0 Å². The topological polar surface area (TPSA) is 17.1 Å². The highest BCUT2D eigenvalue weighted by molar-refractivity contribution is 6.31. The number of rotatable bonds is 2. The van der Waals surface area contributed by atoms with Crippen molar-refractivity contribution in [1.82, 2.24) is 0 Å². The Morgan fingerprint density at radius 1 is 1.24 bits per heavy atom. The number of hydrogen-bond acceptors (Lipinski definition) is 1. The number of carbonyl (C=O) groups excluding carboxylic acids is 1. The molecule has 0 atom stereocenters. The molecule has 0 N–H and O–H groups in total. The van der Waals surface area contributed by atoms with Crippen LogP contribution in [0.4, 0.5) is 4.39 Å². The third-order valence-electron chi connectivity index (χ3n) is 3.00. The largest absolute Gasteiger partial charge is 0.295 e. The summed E-state index contributed by atoms with van der Waals surface area (Å²) in [6.45, 7) is 0. The fraction of sp³-hybridized carbons (Fsp3) is 0.357. The van der Waals surface area contributed by atoms with Crippen LogP contribution in [0.15, 0.2) is 29.8 Å². The average Bonchev–Trinajstić information content (AvgIpc) is 2.48. The second-order valence-corrected chi connectivity index (χ2v) is 4.76. The zero-order valence-electron chi connectivity index (χ0n) is 9.51. The lowest BCUT2D eigenvalue weighted by Gasteiger charge is -2.08. The van der Waals surface area contributed by atoms with Gasteiger partial charge in [-0.05, 0) is 43.9 Å². The molecule has 1 aliphatic carbocycles. The van der Waals surface area contributed by atoms with E-state index in [1.54, 1.807) is 18.2 Å². The van der Waals surface area contributed by atoms with E-state index in [9.17, 15) is 9.18 Å². The van der Waals surface area contributed by atoms with E-state index in [1.807, 2.05) is 0 Å². The van der Waals surface area contributed by atoms with Crippen molar-refractivity contribution < 1.29 is 9.18 Å².